The lowest BCUT2D eigenvalue weighted by Crippen LogP contribution is -2.09. The number of thiophene rings is 1. The minimum Gasteiger partial charge on any atom is -0.370 e. The van der Waals surface area contributed by atoms with Gasteiger partial charge in [0.25, 0.3) is 0 Å². The van der Waals surface area contributed by atoms with Gasteiger partial charge in [0.15, 0.2) is 0 Å². The molecule has 1 N–H and O–H groups in total. The van der Waals surface area contributed by atoms with Gasteiger partial charge in [-0.25, -0.2) is 18.7 Å². The van der Waals surface area contributed by atoms with Gasteiger partial charge in [-0.05, 0) is 37.1 Å². The smallest absolute Gasteiger partial charge is 0.130 e. The van der Waals surface area contributed by atoms with E-state index in [1.165, 1.54) is 29.8 Å². The van der Waals surface area contributed by atoms with Crippen LogP contribution in [0.25, 0.3) is 10.6 Å². The molecule has 0 amide bonds. The molecule has 0 unspecified atom stereocenters. The first kappa shape index (κ1) is 18.4. The van der Waals surface area contributed by atoms with Gasteiger partial charge in [-0.1, -0.05) is 15.9 Å². The van der Waals surface area contributed by atoms with Crippen LogP contribution in [-0.4, -0.2) is 16.5 Å². The lowest BCUT2D eigenvalue weighted by Gasteiger charge is -2.08. The van der Waals surface area contributed by atoms with Gasteiger partial charge in [-0.3, -0.25) is 0 Å². The average Bonchev–Trinajstić information content (AvgIpc) is 2.98. The Morgan fingerprint density at radius 1 is 1.19 bits per heavy atom. The van der Waals surface area contributed by atoms with Gasteiger partial charge in [-0.15, -0.1) is 11.3 Å². The quantitative estimate of drug-likeness (QED) is 0.607. The third-order valence-electron chi connectivity index (χ3n) is 3.73. The van der Waals surface area contributed by atoms with Crippen molar-refractivity contribution in [2.75, 3.05) is 11.9 Å². The van der Waals surface area contributed by atoms with Crippen molar-refractivity contribution in [3.63, 3.8) is 0 Å². The highest BCUT2D eigenvalue weighted by atomic mass is 79.9. The van der Waals surface area contributed by atoms with Gasteiger partial charge in [0.05, 0.1) is 10.6 Å². The number of aryl methyl sites for hydroxylation is 1. The standard InChI is InChI=1S/C18H13BrF2N4S/c1-10-4-16(26-17(10)8-22)15-7-18(25-9-24-15)23-3-2-12-13(20)5-11(19)6-14(12)21/h4-7,9H,2-3H2,1H3,(H,23,24,25). The van der Waals surface area contributed by atoms with E-state index in [2.05, 4.69) is 37.3 Å². The molecular weight excluding hydrogens is 422 g/mol. The molecule has 3 aromatic rings. The largest absolute Gasteiger partial charge is 0.370 e. The number of hydrogen-bond acceptors (Lipinski definition) is 5. The Kier molecular flexibility index (Phi) is 5.59. The number of benzene rings is 1. The molecule has 4 nitrogen and oxygen atoms in total. The van der Waals surface area contributed by atoms with Crippen molar-refractivity contribution in [2.45, 2.75) is 13.3 Å². The van der Waals surface area contributed by atoms with Gasteiger partial charge in [0.2, 0.25) is 0 Å². The molecule has 26 heavy (non-hydrogen) atoms. The highest BCUT2D eigenvalue weighted by molar-refractivity contribution is 9.10. The molecule has 0 spiro atoms. The van der Waals surface area contributed by atoms with E-state index >= 15 is 0 Å². The number of nitrogens with one attached hydrogen (secondary N) is 1. The van der Waals surface area contributed by atoms with Crippen molar-refractivity contribution in [1.29, 1.82) is 5.26 Å². The molecule has 8 heteroatoms. The Morgan fingerprint density at radius 3 is 2.58 bits per heavy atom. The van der Waals surface area contributed by atoms with E-state index in [-0.39, 0.29) is 12.0 Å². The fourth-order valence-corrected chi connectivity index (χ4v) is 3.77. The Morgan fingerprint density at radius 2 is 1.92 bits per heavy atom. The van der Waals surface area contributed by atoms with Crippen LogP contribution in [0.4, 0.5) is 14.6 Å². The normalized spacial score (nSPS) is 10.6. The zero-order valence-electron chi connectivity index (χ0n) is 13.7. The second kappa shape index (κ2) is 7.89. The second-order valence-corrected chi connectivity index (χ2v) is 7.52. The van der Waals surface area contributed by atoms with Crippen molar-refractivity contribution in [3.05, 3.63) is 62.7 Å². The summed E-state index contributed by atoms with van der Waals surface area (Å²) in [5, 5.41) is 12.1. The molecule has 0 radical (unpaired) electrons. The van der Waals surface area contributed by atoms with Gasteiger partial charge < -0.3 is 5.32 Å². The van der Waals surface area contributed by atoms with E-state index in [9.17, 15) is 8.78 Å². The summed E-state index contributed by atoms with van der Waals surface area (Å²) in [6, 6.07) is 8.29. The van der Waals surface area contributed by atoms with Crippen LogP contribution in [0.15, 0.2) is 35.1 Å². The van der Waals surface area contributed by atoms with E-state index in [0.717, 1.165) is 10.4 Å². The summed E-state index contributed by atoms with van der Waals surface area (Å²) >= 11 is 4.43. The number of nitrogens with zero attached hydrogens (tertiary/aromatic N) is 3. The molecule has 0 aliphatic carbocycles. The van der Waals surface area contributed by atoms with E-state index in [0.29, 0.717) is 27.4 Å². The predicted molar refractivity (Wildman–Crippen MR) is 101 cm³/mol. The van der Waals surface area contributed by atoms with Crippen LogP contribution in [0.5, 0.6) is 0 Å². The van der Waals surface area contributed by atoms with Crippen molar-refractivity contribution < 1.29 is 8.78 Å². The van der Waals surface area contributed by atoms with Crippen LogP contribution in [-0.2, 0) is 6.42 Å². The van der Waals surface area contributed by atoms with Crippen LogP contribution >= 0.6 is 27.3 Å². The van der Waals surface area contributed by atoms with Gasteiger partial charge >= 0.3 is 0 Å². The number of halogens is 3. The first-order valence-corrected chi connectivity index (χ1v) is 9.29. The Hall–Kier alpha value is -2.37. The molecule has 3 rings (SSSR count). The maximum atomic E-state index is 13.8. The molecule has 0 fully saturated rings. The number of aromatic nitrogens is 2. The fraction of sp³-hybridized carbons (Fsp3) is 0.167. The highest BCUT2D eigenvalue weighted by Crippen LogP contribution is 2.30. The van der Waals surface area contributed by atoms with Crippen molar-refractivity contribution >= 4 is 33.1 Å². The molecule has 2 aromatic heterocycles. The van der Waals surface area contributed by atoms with E-state index in [4.69, 9.17) is 5.26 Å². The SMILES string of the molecule is Cc1cc(-c2cc(NCCc3c(F)cc(Br)cc3F)ncn2)sc1C#N. The maximum Gasteiger partial charge on any atom is 0.130 e. The van der Waals surface area contributed by atoms with Crippen LogP contribution in [0.3, 0.4) is 0 Å². The Balaban J connectivity index is 1.71. The maximum absolute atomic E-state index is 13.8. The van der Waals surface area contributed by atoms with E-state index in [1.807, 2.05) is 13.0 Å². The van der Waals surface area contributed by atoms with E-state index < -0.39 is 11.6 Å². The first-order valence-electron chi connectivity index (χ1n) is 7.68. The number of nitriles is 1. The second-order valence-electron chi connectivity index (χ2n) is 5.55. The summed E-state index contributed by atoms with van der Waals surface area (Å²) in [6.45, 7) is 2.19. The lowest BCUT2D eigenvalue weighted by molar-refractivity contribution is 0.555. The van der Waals surface area contributed by atoms with Crippen molar-refractivity contribution in [3.8, 4) is 16.6 Å². The zero-order valence-corrected chi connectivity index (χ0v) is 16.1. The van der Waals surface area contributed by atoms with E-state index in [1.54, 1.807) is 6.07 Å². The van der Waals surface area contributed by atoms with Gasteiger partial charge in [0.1, 0.15) is 34.7 Å². The monoisotopic (exact) mass is 434 g/mol. The molecule has 0 saturated heterocycles. The summed E-state index contributed by atoms with van der Waals surface area (Å²) < 4.78 is 28.1. The Bertz CT molecular complexity index is 974. The summed E-state index contributed by atoms with van der Waals surface area (Å²) in [5.41, 5.74) is 1.63. The lowest BCUT2D eigenvalue weighted by atomic mass is 10.1. The van der Waals surface area contributed by atoms with Crippen LogP contribution in [0.2, 0.25) is 0 Å². The first-order chi connectivity index (χ1) is 12.5. The van der Waals surface area contributed by atoms with Crippen LogP contribution in [0.1, 0.15) is 16.0 Å². The molecule has 0 aliphatic heterocycles. The molecular formula is C18H13BrF2N4S. The van der Waals surface area contributed by atoms with Crippen LogP contribution in [0, 0.1) is 29.9 Å². The predicted octanol–water partition coefficient (Wildman–Crippen LogP) is 5.08. The fourth-order valence-electron chi connectivity index (χ4n) is 2.43. The Labute approximate surface area is 161 Å². The number of hydrogen-bond donors (Lipinski definition) is 1. The summed E-state index contributed by atoms with van der Waals surface area (Å²) in [7, 11) is 0. The molecule has 1 aromatic carbocycles. The van der Waals surface area contributed by atoms with Crippen LogP contribution < -0.4 is 5.32 Å². The molecule has 0 saturated carbocycles. The molecule has 0 bridgehead atoms. The third-order valence-corrected chi connectivity index (χ3v) is 5.35. The summed E-state index contributed by atoms with van der Waals surface area (Å²) in [5.74, 6) is -0.613. The van der Waals surface area contributed by atoms with Crippen molar-refractivity contribution in [1.82, 2.24) is 9.97 Å². The molecule has 0 atom stereocenters. The number of anilines is 1. The molecule has 132 valence electrons. The van der Waals surface area contributed by atoms with Gasteiger partial charge in [-0.2, -0.15) is 5.26 Å². The molecule has 0 aliphatic rings. The average molecular weight is 435 g/mol. The van der Waals surface area contributed by atoms with Gasteiger partial charge in [0, 0.05) is 22.6 Å². The topological polar surface area (TPSA) is 61.6 Å². The third kappa shape index (κ3) is 4.06. The summed E-state index contributed by atoms with van der Waals surface area (Å²) in [6.07, 6.45) is 1.60. The number of rotatable bonds is 5. The minimum atomic E-state index is -0.583. The molecule has 2 heterocycles. The minimum absolute atomic E-state index is 0.0301. The zero-order chi connectivity index (χ0) is 18.7. The van der Waals surface area contributed by atoms with Crippen molar-refractivity contribution in [2.24, 2.45) is 0 Å². The highest BCUT2D eigenvalue weighted by Gasteiger charge is 2.11. The summed E-state index contributed by atoms with van der Waals surface area (Å²) in [4.78, 5) is 9.87.